The van der Waals surface area contributed by atoms with Crippen molar-refractivity contribution in [3.8, 4) is 0 Å². The van der Waals surface area contributed by atoms with E-state index in [1.165, 1.54) is 6.08 Å². The molecule has 2 amide bonds. The highest BCUT2D eigenvalue weighted by Gasteiger charge is 2.48. The second kappa shape index (κ2) is 11.2. The lowest BCUT2D eigenvalue weighted by Gasteiger charge is -2.45. The highest BCUT2D eigenvalue weighted by molar-refractivity contribution is 6.74. The number of carbonyl (C=O) groups excluding carboxylic acids is 3. The molecule has 8 nitrogen and oxygen atoms in total. The third-order valence-corrected chi connectivity index (χ3v) is 11.9. The summed E-state index contributed by atoms with van der Waals surface area (Å²) < 4.78 is 17.0. The fourth-order valence-electron chi connectivity index (χ4n) is 4.21. The molecule has 2 saturated heterocycles. The zero-order valence-corrected chi connectivity index (χ0v) is 23.0. The van der Waals surface area contributed by atoms with Gasteiger partial charge in [-0.25, -0.2) is 4.79 Å². The van der Waals surface area contributed by atoms with Crippen molar-refractivity contribution in [2.45, 2.75) is 89.9 Å². The number of hydrogen-bond acceptors (Lipinski definition) is 6. The van der Waals surface area contributed by atoms with Gasteiger partial charge in [-0.05, 0) is 44.0 Å². The van der Waals surface area contributed by atoms with Crippen molar-refractivity contribution >= 4 is 26.1 Å². The molecule has 0 aromatic carbocycles. The van der Waals surface area contributed by atoms with E-state index >= 15 is 0 Å². The number of Topliss-reactive ketones (excluding diaryl/α,β-unsaturated/α-hetero) is 1. The van der Waals surface area contributed by atoms with Crippen LogP contribution < -0.4 is 5.32 Å². The van der Waals surface area contributed by atoms with Crippen LogP contribution in [0.1, 0.15) is 47.5 Å². The van der Waals surface area contributed by atoms with Gasteiger partial charge in [0, 0.05) is 13.5 Å². The van der Waals surface area contributed by atoms with Crippen LogP contribution in [0.15, 0.2) is 24.3 Å². The quantitative estimate of drug-likeness (QED) is 0.215. The number of methoxy groups -OCH3 is 1. The van der Waals surface area contributed by atoms with Crippen molar-refractivity contribution in [3.63, 3.8) is 0 Å². The predicted molar refractivity (Wildman–Crippen MR) is 134 cm³/mol. The zero-order chi connectivity index (χ0) is 25.8. The van der Waals surface area contributed by atoms with Crippen LogP contribution in [0.2, 0.25) is 18.1 Å². The second-order valence-corrected chi connectivity index (χ2v) is 15.6. The molecule has 0 aromatic heterocycles. The predicted octanol–water partition coefficient (Wildman–Crippen LogP) is 3.83. The fourth-order valence-corrected chi connectivity index (χ4v) is 5.64. The number of amides is 2. The van der Waals surface area contributed by atoms with Gasteiger partial charge in [-0.3, -0.25) is 14.5 Å². The third kappa shape index (κ3) is 6.58. The molecular formula is C25H42N2O6Si. The van der Waals surface area contributed by atoms with E-state index in [9.17, 15) is 14.4 Å². The number of nitrogens with one attached hydrogen (secondary N) is 1. The molecule has 1 N–H and O–H groups in total. The maximum Gasteiger partial charge on any atom is 0.410 e. The summed E-state index contributed by atoms with van der Waals surface area (Å²) in [6, 6.07) is -0.550. The minimum Gasteiger partial charge on any atom is -0.445 e. The highest BCUT2D eigenvalue weighted by Crippen LogP contribution is 2.39. The molecule has 2 rings (SSSR count). The smallest absolute Gasteiger partial charge is 0.410 e. The van der Waals surface area contributed by atoms with Crippen LogP contribution in [0.25, 0.3) is 0 Å². The lowest BCUT2D eigenvalue weighted by Crippen LogP contribution is -2.64. The lowest BCUT2D eigenvalue weighted by molar-refractivity contribution is -0.141. The Balaban J connectivity index is 2.05. The molecule has 0 radical (unpaired) electrons. The molecule has 2 aliphatic rings. The van der Waals surface area contributed by atoms with E-state index in [-0.39, 0.29) is 60.0 Å². The molecule has 0 spiro atoms. The van der Waals surface area contributed by atoms with Crippen LogP contribution in [-0.2, 0) is 23.5 Å². The van der Waals surface area contributed by atoms with Crippen LogP contribution in [0.5, 0.6) is 0 Å². The van der Waals surface area contributed by atoms with Gasteiger partial charge in [0.05, 0.1) is 36.8 Å². The van der Waals surface area contributed by atoms with Gasteiger partial charge in [0.15, 0.2) is 14.1 Å². The van der Waals surface area contributed by atoms with Crippen molar-refractivity contribution in [3.05, 3.63) is 24.3 Å². The summed E-state index contributed by atoms with van der Waals surface area (Å²) in [6.07, 6.45) is 3.27. The Bertz CT molecular complexity index is 819. The molecular weight excluding hydrogens is 452 g/mol. The van der Waals surface area contributed by atoms with Crippen molar-refractivity contribution in [2.75, 3.05) is 20.3 Å². The monoisotopic (exact) mass is 494 g/mol. The van der Waals surface area contributed by atoms with Crippen molar-refractivity contribution < 1.29 is 28.3 Å². The first-order valence-corrected chi connectivity index (χ1v) is 14.9. The summed E-state index contributed by atoms with van der Waals surface area (Å²) in [6.45, 7) is 18.6. The lowest BCUT2D eigenvalue weighted by atomic mass is 9.82. The Morgan fingerprint density at radius 3 is 2.50 bits per heavy atom. The maximum atomic E-state index is 13.0. The Kier molecular flexibility index (Phi) is 9.29. The molecule has 0 bridgehead atoms. The highest BCUT2D eigenvalue weighted by atomic mass is 28.4. The number of ketones is 1. The molecule has 0 unspecified atom stereocenters. The number of nitrogens with zero attached hydrogens (tertiary/aromatic N) is 1. The van der Waals surface area contributed by atoms with Gasteiger partial charge in [-0.1, -0.05) is 39.5 Å². The third-order valence-electron chi connectivity index (χ3n) is 7.34. The number of likely N-dealkylation sites (tertiary alicyclic amines) is 1. The van der Waals surface area contributed by atoms with Crippen LogP contribution in [0.3, 0.4) is 0 Å². The van der Waals surface area contributed by atoms with E-state index in [4.69, 9.17) is 13.9 Å². The SMILES string of the molecule is C=CCOC(=O)N1C[C@H](OC)C[C@H]1C=C(C)C(=O)C[C@H]1NC(=O)[C@@H]1[C@@H](C)O[Si](C)(C)C(C)(C)C. The minimum atomic E-state index is -2.04. The van der Waals surface area contributed by atoms with Gasteiger partial charge in [0.2, 0.25) is 5.91 Å². The first-order chi connectivity index (χ1) is 15.7. The van der Waals surface area contributed by atoms with Crippen molar-refractivity contribution in [2.24, 2.45) is 5.92 Å². The summed E-state index contributed by atoms with van der Waals surface area (Å²) in [5.74, 6) is -0.476. The molecule has 0 aromatic rings. The second-order valence-electron chi connectivity index (χ2n) is 10.9. The number of β-lactam (4-membered cyclic amide) rings is 1. The normalized spacial score (nSPS) is 26.5. The molecule has 0 saturated carbocycles. The van der Waals surface area contributed by atoms with E-state index < -0.39 is 14.4 Å². The molecule has 192 valence electrons. The molecule has 2 aliphatic heterocycles. The van der Waals surface area contributed by atoms with Crippen molar-refractivity contribution in [1.29, 1.82) is 0 Å². The summed E-state index contributed by atoms with van der Waals surface area (Å²) >= 11 is 0. The Morgan fingerprint density at radius 1 is 1.32 bits per heavy atom. The van der Waals surface area contributed by atoms with E-state index in [1.54, 1.807) is 18.9 Å². The van der Waals surface area contributed by atoms with Crippen molar-refractivity contribution in [1.82, 2.24) is 10.2 Å². The van der Waals surface area contributed by atoms with E-state index in [1.807, 2.05) is 13.0 Å². The molecule has 5 atom stereocenters. The molecule has 0 aliphatic carbocycles. The average Bonchev–Trinajstić information content (AvgIpc) is 3.12. The van der Waals surface area contributed by atoms with Gasteiger partial charge in [-0.15, -0.1) is 0 Å². The van der Waals surface area contributed by atoms with Crippen LogP contribution >= 0.6 is 0 Å². The summed E-state index contributed by atoms with van der Waals surface area (Å²) in [5.41, 5.74) is 0.557. The number of hydrogen-bond donors (Lipinski definition) is 1. The van der Waals surface area contributed by atoms with Gasteiger partial charge in [0.25, 0.3) is 0 Å². The summed E-state index contributed by atoms with van der Waals surface area (Å²) in [4.78, 5) is 39.4. The zero-order valence-electron chi connectivity index (χ0n) is 22.0. The molecule has 9 heteroatoms. The minimum absolute atomic E-state index is 0.0339. The maximum absolute atomic E-state index is 13.0. The number of carbonyl (C=O) groups is 3. The number of rotatable bonds is 10. The van der Waals surface area contributed by atoms with Crippen LogP contribution in [0.4, 0.5) is 4.79 Å². The molecule has 2 heterocycles. The van der Waals surface area contributed by atoms with Gasteiger partial charge in [0.1, 0.15) is 6.61 Å². The van der Waals surface area contributed by atoms with E-state index in [0.29, 0.717) is 18.5 Å². The first-order valence-electron chi connectivity index (χ1n) is 12.0. The topological polar surface area (TPSA) is 94.2 Å². The summed E-state index contributed by atoms with van der Waals surface area (Å²) in [7, 11) is -0.435. The molecule has 2 fully saturated rings. The van der Waals surface area contributed by atoms with Crippen LogP contribution in [-0.4, -0.2) is 75.6 Å². The van der Waals surface area contributed by atoms with Gasteiger partial charge in [-0.2, -0.15) is 0 Å². The number of ether oxygens (including phenoxy) is 2. The molecule has 34 heavy (non-hydrogen) atoms. The fraction of sp³-hybridized carbons (Fsp3) is 0.720. The van der Waals surface area contributed by atoms with E-state index in [2.05, 4.69) is 45.8 Å². The Labute approximate surface area is 205 Å². The first kappa shape index (κ1) is 28.3. The summed E-state index contributed by atoms with van der Waals surface area (Å²) in [5, 5.41) is 2.91. The van der Waals surface area contributed by atoms with E-state index in [0.717, 1.165) is 0 Å². The average molecular weight is 495 g/mol. The number of allylic oxidation sites excluding steroid dienone is 1. The van der Waals surface area contributed by atoms with Gasteiger partial charge >= 0.3 is 6.09 Å². The van der Waals surface area contributed by atoms with Crippen LogP contribution in [0, 0.1) is 5.92 Å². The standard InChI is InChI=1S/C25H42N2O6Si/c1-10-11-32-24(30)27-15-19(31-7)13-18(27)12-16(2)21(28)14-20-22(23(29)26-20)17(3)33-34(8,9)25(4,5)6/h10,12,17-20,22H,1,11,13-15H2,2-9H3,(H,26,29)/t17-,18-,19-,20-,22-/m1/s1. The Morgan fingerprint density at radius 2 is 1.97 bits per heavy atom. The largest absolute Gasteiger partial charge is 0.445 e. The van der Waals surface area contributed by atoms with Gasteiger partial charge < -0.3 is 19.2 Å². The Hall–Kier alpha value is -1.97.